The Morgan fingerprint density at radius 3 is 2.78 bits per heavy atom. The number of aliphatic imine (C=N–C) groups is 1. The Kier molecular flexibility index (Phi) is 4.96. The van der Waals surface area contributed by atoms with Gasteiger partial charge in [-0.05, 0) is 29.7 Å². The maximum Gasteiger partial charge on any atom is 0.286 e. The lowest BCUT2D eigenvalue weighted by Crippen LogP contribution is -2.38. The van der Waals surface area contributed by atoms with Gasteiger partial charge in [-0.1, -0.05) is 36.4 Å². The molecule has 1 aliphatic rings. The van der Waals surface area contributed by atoms with Crippen LogP contribution in [0.1, 0.15) is 23.2 Å². The van der Waals surface area contributed by atoms with Gasteiger partial charge in [0.1, 0.15) is 6.20 Å². The van der Waals surface area contributed by atoms with Crippen LogP contribution in [0.2, 0.25) is 0 Å². The molecule has 0 atom stereocenters. The largest absolute Gasteiger partial charge is 0.355 e. The van der Waals surface area contributed by atoms with Crippen LogP contribution < -0.4 is 15.1 Å². The van der Waals surface area contributed by atoms with E-state index in [-0.39, 0.29) is 0 Å². The first kappa shape index (κ1) is 17.0. The van der Waals surface area contributed by atoms with Crippen LogP contribution in [-0.2, 0) is 7.05 Å². The molecule has 0 radical (unpaired) electrons. The van der Waals surface area contributed by atoms with Gasteiger partial charge in [0.05, 0.1) is 19.5 Å². The fourth-order valence-corrected chi connectivity index (χ4v) is 3.01. The monoisotopic (exact) mass is 359 g/mol. The second kappa shape index (κ2) is 7.86. The maximum atomic E-state index is 4.32. The van der Waals surface area contributed by atoms with Gasteiger partial charge in [-0.25, -0.2) is 14.4 Å². The van der Waals surface area contributed by atoms with Crippen molar-refractivity contribution in [2.24, 2.45) is 17.1 Å². The van der Waals surface area contributed by atoms with Crippen LogP contribution in [0.5, 0.6) is 0 Å². The Labute approximate surface area is 158 Å². The molecule has 2 N–H and O–H groups in total. The minimum Gasteiger partial charge on any atom is -0.355 e. The quantitative estimate of drug-likeness (QED) is 0.426. The molecule has 136 valence electrons. The summed E-state index contributed by atoms with van der Waals surface area (Å²) in [6.07, 6.45) is 11.3. The number of fused-ring (bicyclic) bond motifs is 1. The fraction of sp³-hybridized carbons (Fsp3) is 0.190. The molecule has 4 rings (SSSR count). The summed E-state index contributed by atoms with van der Waals surface area (Å²) in [7, 11) is 2.08. The molecule has 0 bridgehead atoms. The summed E-state index contributed by atoms with van der Waals surface area (Å²) in [4.78, 5) is 4.32. The molecule has 0 amide bonds. The van der Waals surface area contributed by atoms with E-state index in [1.807, 2.05) is 6.07 Å². The summed E-state index contributed by atoms with van der Waals surface area (Å²) in [5.74, 6) is 0.741. The van der Waals surface area contributed by atoms with Crippen molar-refractivity contribution in [3.8, 4) is 0 Å². The highest BCUT2D eigenvalue weighted by molar-refractivity contribution is 5.84. The molecule has 0 aliphatic carbocycles. The zero-order chi connectivity index (χ0) is 18.5. The highest BCUT2D eigenvalue weighted by Crippen LogP contribution is 2.10. The van der Waals surface area contributed by atoms with Gasteiger partial charge in [0, 0.05) is 19.2 Å². The lowest BCUT2D eigenvalue weighted by atomic mass is 10.1. The summed E-state index contributed by atoms with van der Waals surface area (Å²) in [5, 5.41) is 7.41. The van der Waals surface area contributed by atoms with E-state index in [1.54, 1.807) is 6.21 Å². The van der Waals surface area contributed by atoms with E-state index in [0.717, 1.165) is 47.9 Å². The Morgan fingerprint density at radius 2 is 2.00 bits per heavy atom. The van der Waals surface area contributed by atoms with Crippen molar-refractivity contribution in [2.45, 2.75) is 6.42 Å². The van der Waals surface area contributed by atoms with E-state index in [9.17, 15) is 0 Å². The molecule has 3 heterocycles. The van der Waals surface area contributed by atoms with Gasteiger partial charge < -0.3 is 5.32 Å². The number of guanidine groups is 1. The van der Waals surface area contributed by atoms with Crippen molar-refractivity contribution in [1.29, 1.82) is 0 Å². The first-order chi connectivity index (χ1) is 13.3. The number of aryl methyl sites for hydroxylation is 1. The summed E-state index contributed by atoms with van der Waals surface area (Å²) in [6.45, 7) is 1.79. The van der Waals surface area contributed by atoms with Crippen molar-refractivity contribution < 1.29 is 4.40 Å². The smallest absolute Gasteiger partial charge is 0.286 e. The molecule has 0 saturated heterocycles. The highest BCUT2D eigenvalue weighted by Gasteiger charge is 2.10. The molecule has 1 aliphatic heterocycles. The standard InChI is InChI=1S/C21H23N6/c1-26-19(16-27-14-3-2-5-20(26)27)11-10-17-6-8-18(9-7-17)15-24-25-21-22-12-4-13-23-21/h2-3,5-11,14-16H,4,12-13H2,1H3,(H2,22,23,25)/q+1/b11-10+,24-15+. The zero-order valence-electron chi connectivity index (χ0n) is 15.3. The number of nitrogens with one attached hydrogen (secondary N) is 2. The van der Waals surface area contributed by atoms with Crippen LogP contribution in [0.25, 0.3) is 17.8 Å². The summed E-state index contributed by atoms with van der Waals surface area (Å²) in [6, 6.07) is 14.5. The first-order valence-corrected chi connectivity index (χ1v) is 9.11. The summed E-state index contributed by atoms with van der Waals surface area (Å²) >= 11 is 0. The van der Waals surface area contributed by atoms with E-state index in [0.29, 0.717) is 0 Å². The Balaban J connectivity index is 1.41. The third kappa shape index (κ3) is 4.06. The van der Waals surface area contributed by atoms with Crippen molar-refractivity contribution in [1.82, 2.24) is 15.3 Å². The van der Waals surface area contributed by atoms with Crippen molar-refractivity contribution in [2.75, 3.05) is 13.1 Å². The molecular formula is C21H23N6+. The number of benzene rings is 1. The second-order valence-corrected chi connectivity index (χ2v) is 6.46. The molecule has 2 aromatic heterocycles. The Hall–Kier alpha value is -3.41. The average molecular weight is 359 g/mol. The molecule has 6 heteroatoms. The molecule has 27 heavy (non-hydrogen) atoms. The lowest BCUT2D eigenvalue weighted by Gasteiger charge is -2.12. The van der Waals surface area contributed by atoms with Crippen LogP contribution in [0.3, 0.4) is 0 Å². The Bertz CT molecular complexity index is 1010. The van der Waals surface area contributed by atoms with Gasteiger partial charge in [0.25, 0.3) is 5.65 Å². The topological polar surface area (TPSA) is 57.8 Å². The second-order valence-electron chi connectivity index (χ2n) is 6.46. The number of imidazole rings is 1. The number of hydrogen-bond acceptors (Lipinski definition) is 4. The third-order valence-electron chi connectivity index (χ3n) is 4.53. The van der Waals surface area contributed by atoms with Gasteiger partial charge in [-0.2, -0.15) is 5.10 Å². The van der Waals surface area contributed by atoms with Crippen molar-refractivity contribution in [3.63, 3.8) is 0 Å². The summed E-state index contributed by atoms with van der Waals surface area (Å²) < 4.78 is 4.29. The van der Waals surface area contributed by atoms with Gasteiger partial charge in [0.15, 0.2) is 5.69 Å². The number of aromatic nitrogens is 2. The van der Waals surface area contributed by atoms with Crippen LogP contribution in [-0.4, -0.2) is 29.8 Å². The maximum absolute atomic E-state index is 4.32. The van der Waals surface area contributed by atoms with Crippen molar-refractivity contribution >= 4 is 30.0 Å². The van der Waals surface area contributed by atoms with Crippen LogP contribution in [0.15, 0.2) is 65.0 Å². The Morgan fingerprint density at radius 1 is 1.15 bits per heavy atom. The van der Waals surface area contributed by atoms with Gasteiger partial charge in [-0.15, -0.1) is 0 Å². The number of pyridine rings is 1. The molecule has 1 aromatic carbocycles. The number of nitrogens with zero attached hydrogens (tertiary/aromatic N) is 4. The lowest BCUT2D eigenvalue weighted by molar-refractivity contribution is -0.510. The van der Waals surface area contributed by atoms with E-state index in [4.69, 9.17) is 0 Å². The predicted octanol–water partition coefficient (Wildman–Crippen LogP) is 2.21. The minimum absolute atomic E-state index is 0.741. The fourth-order valence-electron chi connectivity index (χ4n) is 3.01. The van der Waals surface area contributed by atoms with Gasteiger partial charge >= 0.3 is 0 Å². The SMILES string of the molecule is Cn1c(/C=C/c2ccc(/C=N/NC3=NCCCN3)cc2)c[n+]2ccccc12. The van der Waals surface area contributed by atoms with Crippen LogP contribution in [0, 0.1) is 0 Å². The molecule has 3 aromatic rings. The van der Waals surface area contributed by atoms with E-state index in [2.05, 4.69) is 97.8 Å². The molecule has 0 fully saturated rings. The zero-order valence-corrected chi connectivity index (χ0v) is 15.3. The highest BCUT2D eigenvalue weighted by atomic mass is 15.4. The third-order valence-corrected chi connectivity index (χ3v) is 4.53. The normalized spacial score (nSPS) is 14.6. The number of hydrazone groups is 1. The molecule has 0 unspecified atom stereocenters. The van der Waals surface area contributed by atoms with Gasteiger partial charge in [0.2, 0.25) is 5.96 Å². The van der Waals surface area contributed by atoms with Gasteiger partial charge in [-0.3, -0.25) is 4.99 Å². The van der Waals surface area contributed by atoms with Crippen LogP contribution >= 0.6 is 0 Å². The van der Waals surface area contributed by atoms with E-state index >= 15 is 0 Å². The number of hydrogen-bond donors (Lipinski definition) is 2. The average Bonchev–Trinajstić information content (AvgIpc) is 3.04. The summed E-state index contributed by atoms with van der Waals surface area (Å²) in [5.41, 5.74) is 7.43. The molecule has 0 saturated carbocycles. The molecule has 6 nitrogen and oxygen atoms in total. The van der Waals surface area contributed by atoms with E-state index in [1.165, 1.54) is 0 Å². The molecule has 0 spiro atoms. The van der Waals surface area contributed by atoms with E-state index < -0.39 is 0 Å². The predicted molar refractivity (Wildman–Crippen MR) is 110 cm³/mol. The minimum atomic E-state index is 0.741. The first-order valence-electron chi connectivity index (χ1n) is 9.11. The number of rotatable bonds is 4. The van der Waals surface area contributed by atoms with Crippen LogP contribution in [0.4, 0.5) is 0 Å². The van der Waals surface area contributed by atoms with Crippen molar-refractivity contribution in [3.05, 3.63) is 71.7 Å². The molecular weight excluding hydrogens is 336 g/mol.